The highest BCUT2D eigenvalue weighted by molar-refractivity contribution is 5.30. The van der Waals surface area contributed by atoms with Crippen molar-refractivity contribution >= 4 is 0 Å². The lowest BCUT2D eigenvalue weighted by Gasteiger charge is -2.29. The van der Waals surface area contributed by atoms with E-state index in [0.717, 1.165) is 0 Å². The molecule has 1 aromatic heterocycles. The predicted molar refractivity (Wildman–Crippen MR) is 82.6 cm³/mol. The standard InChI is InChI=1S/C18H22N2/c1-13-7-3-4-10-16(13)14(2)20-17-11-5-8-15-9-6-12-19-18(15)17/h3-4,6-7,9-10,12,14,17,20H,5,8,11H2,1-2H3. The van der Waals surface area contributed by atoms with Crippen LogP contribution in [0.4, 0.5) is 0 Å². The van der Waals surface area contributed by atoms with Crippen LogP contribution < -0.4 is 5.32 Å². The maximum absolute atomic E-state index is 4.61. The van der Waals surface area contributed by atoms with Gasteiger partial charge in [-0.15, -0.1) is 0 Å². The van der Waals surface area contributed by atoms with Gasteiger partial charge in [0.1, 0.15) is 0 Å². The van der Waals surface area contributed by atoms with Crippen LogP contribution in [0.1, 0.15) is 54.2 Å². The SMILES string of the molecule is Cc1ccccc1C(C)NC1CCCc2cccnc21. The first kappa shape index (κ1) is 13.3. The molecule has 20 heavy (non-hydrogen) atoms. The van der Waals surface area contributed by atoms with Gasteiger partial charge in [0.05, 0.1) is 11.7 Å². The van der Waals surface area contributed by atoms with Gasteiger partial charge in [-0.1, -0.05) is 30.3 Å². The number of hydrogen-bond donors (Lipinski definition) is 1. The Morgan fingerprint density at radius 3 is 2.90 bits per heavy atom. The summed E-state index contributed by atoms with van der Waals surface area (Å²) < 4.78 is 0. The van der Waals surface area contributed by atoms with Gasteiger partial charge in [0.15, 0.2) is 0 Å². The summed E-state index contributed by atoms with van der Waals surface area (Å²) >= 11 is 0. The normalized spacial score (nSPS) is 19.4. The first-order chi connectivity index (χ1) is 9.75. The Morgan fingerprint density at radius 1 is 1.20 bits per heavy atom. The van der Waals surface area contributed by atoms with E-state index in [0.29, 0.717) is 12.1 Å². The average molecular weight is 266 g/mol. The molecule has 0 fully saturated rings. The van der Waals surface area contributed by atoms with Gasteiger partial charge in [0.25, 0.3) is 0 Å². The number of hydrogen-bond acceptors (Lipinski definition) is 2. The highest BCUT2D eigenvalue weighted by Crippen LogP contribution is 2.30. The second-order valence-corrected chi connectivity index (χ2v) is 5.74. The molecule has 1 heterocycles. The molecule has 2 atom stereocenters. The highest BCUT2D eigenvalue weighted by atomic mass is 15.0. The zero-order valence-electron chi connectivity index (χ0n) is 12.3. The third-order valence-electron chi connectivity index (χ3n) is 4.30. The summed E-state index contributed by atoms with van der Waals surface area (Å²) in [6.45, 7) is 4.43. The molecule has 1 aliphatic rings. The second kappa shape index (κ2) is 5.76. The van der Waals surface area contributed by atoms with Crippen LogP contribution in [0.25, 0.3) is 0 Å². The number of aryl methyl sites for hydroxylation is 2. The maximum atomic E-state index is 4.61. The molecule has 0 bridgehead atoms. The van der Waals surface area contributed by atoms with Gasteiger partial charge in [0.2, 0.25) is 0 Å². The number of nitrogens with one attached hydrogen (secondary N) is 1. The van der Waals surface area contributed by atoms with Gasteiger partial charge < -0.3 is 5.32 Å². The lowest BCUT2D eigenvalue weighted by molar-refractivity contribution is 0.406. The molecule has 2 aromatic rings. The molecule has 2 unspecified atom stereocenters. The Kier molecular flexibility index (Phi) is 3.83. The minimum atomic E-state index is 0.356. The quantitative estimate of drug-likeness (QED) is 0.904. The van der Waals surface area contributed by atoms with Crippen LogP contribution >= 0.6 is 0 Å². The van der Waals surface area contributed by atoms with E-state index >= 15 is 0 Å². The topological polar surface area (TPSA) is 24.9 Å². The molecule has 0 aliphatic heterocycles. The van der Waals surface area contributed by atoms with Crippen LogP contribution in [-0.4, -0.2) is 4.98 Å². The molecular formula is C18H22N2. The van der Waals surface area contributed by atoms with E-state index in [-0.39, 0.29) is 0 Å². The smallest absolute Gasteiger partial charge is 0.0605 e. The van der Waals surface area contributed by atoms with E-state index in [4.69, 9.17) is 0 Å². The van der Waals surface area contributed by atoms with E-state index in [1.807, 2.05) is 12.3 Å². The predicted octanol–water partition coefficient (Wildman–Crippen LogP) is 4.12. The van der Waals surface area contributed by atoms with Crippen molar-refractivity contribution in [2.24, 2.45) is 0 Å². The molecule has 0 spiro atoms. The van der Waals surface area contributed by atoms with Crippen LogP contribution in [0.15, 0.2) is 42.6 Å². The van der Waals surface area contributed by atoms with Gasteiger partial charge in [0, 0.05) is 12.2 Å². The number of benzene rings is 1. The third-order valence-corrected chi connectivity index (χ3v) is 4.30. The number of fused-ring (bicyclic) bond motifs is 1. The second-order valence-electron chi connectivity index (χ2n) is 5.74. The van der Waals surface area contributed by atoms with Crippen LogP contribution in [0.2, 0.25) is 0 Å². The van der Waals surface area contributed by atoms with Crippen LogP contribution in [0.3, 0.4) is 0 Å². The molecule has 0 radical (unpaired) electrons. The Morgan fingerprint density at radius 2 is 2.05 bits per heavy atom. The van der Waals surface area contributed by atoms with Crippen LogP contribution in [-0.2, 0) is 6.42 Å². The summed E-state index contributed by atoms with van der Waals surface area (Å²) in [5.74, 6) is 0. The van der Waals surface area contributed by atoms with Gasteiger partial charge in [-0.2, -0.15) is 0 Å². The van der Waals surface area contributed by atoms with Crippen molar-refractivity contribution in [3.05, 3.63) is 65.0 Å². The van der Waals surface area contributed by atoms with Crippen molar-refractivity contribution in [1.29, 1.82) is 0 Å². The third kappa shape index (κ3) is 2.61. The first-order valence-corrected chi connectivity index (χ1v) is 7.51. The summed E-state index contributed by atoms with van der Waals surface area (Å²) in [6.07, 6.45) is 5.51. The molecule has 0 saturated carbocycles. The molecule has 2 nitrogen and oxygen atoms in total. The Hall–Kier alpha value is -1.67. The summed E-state index contributed by atoms with van der Waals surface area (Å²) in [5, 5.41) is 3.77. The molecule has 1 N–H and O–H groups in total. The fourth-order valence-corrected chi connectivity index (χ4v) is 3.24. The van der Waals surface area contributed by atoms with Crippen molar-refractivity contribution < 1.29 is 0 Å². The van der Waals surface area contributed by atoms with Crippen molar-refractivity contribution in [2.45, 2.75) is 45.2 Å². The average Bonchev–Trinajstić information content (AvgIpc) is 2.48. The van der Waals surface area contributed by atoms with E-state index in [1.54, 1.807) is 0 Å². The summed E-state index contributed by atoms with van der Waals surface area (Å²) in [4.78, 5) is 4.61. The fourth-order valence-electron chi connectivity index (χ4n) is 3.24. The highest BCUT2D eigenvalue weighted by Gasteiger charge is 2.23. The summed E-state index contributed by atoms with van der Waals surface area (Å²) in [7, 11) is 0. The zero-order chi connectivity index (χ0) is 13.9. The number of rotatable bonds is 3. The molecule has 104 valence electrons. The van der Waals surface area contributed by atoms with Crippen molar-refractivity contribution in [2.75, 3.05) is 0 Å². The minimum Gasteiger partial charge on any atom is -0.302 e. The summed E-state index contributed by atoms with van der Waals surface area (Å²) in [5.41, 5.74) is 5.40. The molecule has 3 rings (SSSR count). The van der Waals surface area contributed by atoms with E-state index in [1.165, 1.54) is 41.6 Å². The van der Waals surface area contributed by atoms with Crippen LogP contribution in [0.5, 0.6) is 0 Å². The lowest BCUT2D eigenvalue weighted by Crippen LogP contribution is -2.29. The van der Waals surface area contributed by atoms with Crippen LogP contribution in [0, 0.1) is 6.92 Å². The first-order valence-electron chi connectivity index (χ1n) is 7.51. The van der Waals surface area contributed by atoms with Gasteiger partial charge in [-0.3, -0.25) is 4.98 Å². The molecule has 1 aliphatic carbocycles. The van der Waals surface area contributed by atoms with E-state index < -0.39 is 0 Å². The van der Waals surface area contributed by atoms with E-state index in [2.05, 4.69) is 54.5 Å². The van der Waals surface area contributed by atoms with E-state index in [9.17, 15) is 0 Å². The van der Waals surface area contributed by atoms with Gasteiger partial charge in [-0.25, -0.2) is 0 Å². The number of nitrogens with zero attached hydrogens (tertiary/aromatic N) is 1. The Balaban J connectivity index is 1.81. The molecule has 1 aromatic carbocycles. The van der Waals surface area contributed by atoms with Gasteiger partial charge in [-0.05, 0) is 55.9 Å². The monoisotopic (exact) mass is 266 g/mol. The zero-order valence-corrected chi connectivity index (χ0v) is 12.3. The maximum Gasteiger partial charge on any atom is 0.0605 e. The van der Waals surface area contributed by atoms with Gasteiger partial charge >= 0.3 is 0 Å². The Bertz CT molecular complexity index is 591. The minimum absolute atomic E-state index is 0.356. The number of aromatic nitrogens is 1. The molecule has 0 amide bonds. The van der Waals surface area contributed by atoms with Crippen molar-refractivity contribution in [3.8, 4) is 0 Å². The summed E-state index contributed by atoms with van der Waals surface area (Å²) in [6, 6.07) is 13.6. The van der Waals surface area contributed by atoms with Crippen molar-refractivity contribution in [3.63, 3.8) is 0 Å². The Labute approximate surface area is 121 Å². The van der Waals surface area contributed by atoms with Crippen molar-refractivity contribution in [1.82, 2.24) is 10.3 Å². The molecular weight excluding hydrogens is 244 g/mol. The number of pyridine rings is 1. The largest absolute Gasteiger partial charge is 0.302 e. The lowest BCUT2D eigenvalue weighted by atomic mass is 9.90. The molecule has 2 heteroatoms. The fraction of sp³-hybridized carbons (Fsp3) is 0.389. The molecule has 0 saturated heterocycles.